The Labute approximate surface area is 251 Å². The number of benzene rings is 2. The fraction of sp³-hybridized carbons (Fsp3) is 0.448. The average Bonchev–Trinajstić information content (AvgIpc) is 2.95. The molecule has 3 aromatic rings. The third kappa shape index (κ3) is 7.13. The molecule has 2 aliphatic rings. The van der Waals surface area contributed by atoms with Gasteiger partial charge >= 0.3 is 6.18 Å². The van der Waals surface area contributed by atoms with Crippen LogP contribution >= 0.6 is 0 Å². The second-order valence-electron chi connectivity index (χ2n) is 10.6. The number of nitrogens with one attached hydrogen (secondary N) is 2. The van der Waals surface area contributed by atoms with Crippen molar-refractivity contribution in [3.8, 4) is 5.75 Å². The van der Waals surface area contributed by atoms with Crippen LogP contribution in [0.1, 0.15) is 16.7 Å². The SMILES string of the molecule is COc1cc(N2CCN(C3COC3)CC2)ccc1Nc1ncc(C(F)(F)F)c(NCc2ccc(C)cc2N(C)S(C)=O)n1. The molecule has 43 heavy (non-hydrogen) atoms. The van der Waals surface area contributed by atoms with Crippen molar-refractivity contribution in [1.82, 2.24) is 14.9 Å². The number of aromatic nitrogens is 2. The molecular formula is C29H36F3N7O3S. The Morgan fingerprint density at radius 2 is 1.88 bits per heavy atom. The van der Waals surface area contributed by atoms with E-state index < -0.39 is 22.7 Å². The van der Waals surface area contributed by atoms with Gasteiger partial charge in [-0.25, -0.2) is 9.19 Å². The van der Waals surface area contributed by atoms with Crippen molar-refractivity contribution in [3.05, 3.63) is 59.3 Å². The van der Waals surface area contributed by atoms with Crippen molar-refractivity contribution < 1.29 is 26.9 Å². The predicted molar refractivity (Wildman–Crippen MR) is 163 cm³/mol. The fourth-order valence-corrected chi connectivity index (χ4v) is 5.54. The van der Waals surface area contributed by atoms with Gasteiger partial charge in [0, 0.05) is 64.0 Å². The van der Waals surface area contributed by atoms with Crippen molar-refractivity contribution in [2.45, 2.75) is 25.7 Å². The topological polar surface area (TPSA) is 95.1 Å². The molecule has 1 unspecified atom stereocenters. The molecule has 232 valence electrons. The number of ether oxygens (including phenoxy) is 2. The molecule has 5 rings (SSSR count). The number of aryl methyl sites for hydroxylation is 1. The third-order valence-corrected chi connectivity index (χ3v) is 8.72. The van der Waals surface area contributed by atoms with Gasteiger partial charge in [0.05, 0.1) is 37.7 Å². The van der Waals surface area contributed by atoms with Crippen molar-refractivity contribution in [3.63, 3.8) is 0 Å². The van der Waals surface area contributed by atoms with Gasteiger partial charge in [0.2, 0.25) is 5.95 Å². The summed E-state index contributed by atoms with van der Waals surface area (Å²) in [6.07, 6.45) is -2.38. The van der Waals surface area contributed by atoms with Crippen LogP contribution in [0.2, 0.25) is 0 Å². The van der Waals surface area contributed by atoms with Crippen LogP contribution in [-0.2, 0) is 28.4 Å². The number of methoxy groups -OCH3 is 1. The minimum atomic E-state index is -4.67. The molecule has 0 spiro atoms. The third-order valence-electron chi connectivity index (χ3n) is 7.75. The van der Waals surface area contributed by atoms with Crippen LogP contribution < -0.4 is 24.6 Å². The average molecular weight is 620 g/mol. The normalized spacial score (nSPS) is 16.9. The number of anilines is 5. The molecule has 0 amide bonds. The molecule has 2 aliphatic heterocycles. The van der Waals surface area contributed by atoms with E-state index in [0.29, 0.717) is 28.7 Å². The largest absolute Gasteiger partial charge is 0.494 e. The van der Waals surface area contributed by atoms with Crippen LogP contribution in [0.5, 0.6) is 5.75 Å². The first-order valence-corrected chi connectivity index (χ1v) is 15.4. The number of hydrogen-bond donors (Lipinski definition) is 2. The molecule has 0 bridgehead atoms. The molecule has 10 nitrogen and oxygen atoms in total. The second-order valence-corrected chi connectivity index (χ2v) is 12.0. The lowest BCUT2D eigenvalue weighted by Crippen LogP contribution is -2.56. The van der Waals surface area contributed by atoms with E-state index in [4.69, 9.17) is 9.47 Å². The van der Waals surface area contributed by atoms with Crippen molar-refractivity contribution >= 4 is 39.8 Å². The Balaban J connectivity index is 1.34. The molecular weight excluding hydrogens is 583 g/mol. The van der Waals surface area contributed by atoms with Gasteiger partial charge in [-0.1, -0.05) is 12.1 Å². The fourth-order valence-electron chi connectivity index (χ4n) is 5.10. The highest BCUT2D eigenvalue weighted by Crippen LogP contribution is 2.36. The highest BCUT2D eigenvalue weighted by atomic mass is 32.2. The molecule has 1 atom stereocenters. The maximum atomic E-state index is 13.9. The summed E-state index contributed by atoms with van der Waals surface area (Å²) < 4.78 is 66.4. The summed E-state index contributed by atoms with van der Waals surface area (Å²) in [4.78, 5) is 12.9. The Kier molecular flexibility index (Phi) is 9.28. The van der Waals surface area contributed by atoms with Crippen LogP contribution in [0.4, 0.5) is 42.0 Å². The summed E-state index contributed by atoms with van der Waals surface area (Å²) >= 11 is 0. The molecule has 0 aliphatic carbocycles. The smallest absolute Gasteiger partial charge is 0.421 e. The van der Waals surface area contributed by atoms with Gasteiger partial charge < -0.3 is 25.0 Å². The van der Waals surface area contributed by atoms with Crippen molar-refractivity contribution in [2.24, 2.45) is 0 Å². The summed E-state index contributed by atoms with van der Waals surface area (Å²) in [6.45, 7) is 7.14. The Morgan fingerprint density at radius 1 is 1.14 bits per heavy atom. The van der Waals surface area contributed by atoms with Gasteiger partial charge in [-0.3, -0.25) is 9.21 Å². The van der Waals surface area contributed by atoms with E-state index in [1.54, 1.807) is 24.5 Å². The zero-order chi connectivity index (χ0) is 30.7. The van der Waals surface area contributed by atoms with Gasteiger partial charge in [-0.15, -0.1) is 0 Å². The maximum absolute atomic E-state index is 13.9. The molecule has 2 fully saturated rings. The molecule has 1 aromatic heterocycles. The summed E-state index contributed by atoms with van der Waals surface area (Å²) in [5.41, 5.74) is 2.78. The van der Waals surface area contributed by atoms with Crippen LogP contribution in [0.25, 0.3) is 0 Å². The highest BCUT2D eigenvalue weighted by Gasteiger charge is 2.35. The number of rotatable bonds is 10. The van der Waals surface area contributed by atoms with Crippen LogP contribution in [0.15, 0.2) is 42.6 Å². The monoisotopic (exact) mass is 619 g/mol. The lowest BCUT2D eigenvalue weighted by Gasteiger charge is -2.43. The van der Waals surface area contributed by atoms with E-state index in [-0.39, 0.29) is 18.3 Å². The molecule has 2 N–H and O–H groups in total. The summed E-state index contributed by atoms with van der Waals surface area (Å²) in [7, 11) is 1.90. The van der Waals surface area contributed by atoms with E-state index in [9.17, 15) is 17.4 Å². The molecule has 14 heteroatoms. The van der Waals surface area contributed by atoms with Gasteiger partial charge in [0.15, 0.2) is 0 Å². The van der Waals surface area contributed by atoms with Gasteiger partial charge in [0.1, 0.15) is 28.1 Å². The second kappa shape index (κ2) is 12.9. The van der Waals surface area contributed by atoms with E-state index in [0.717, 1.165) is 56.8 Å². The number of alkyl halides is 3. The Hall–Kier alpha value is -3.62. The number of piperazine rings is 1. The van der Waals surface area contributed by atoms with E-state index in [2.05, 4.69) is 30.4 Å². The van der Waals surface area contributed by atoms with Gasteiger partial charge in [0.25, 0.3) is 0 Å². The van der Waals surface area contributed by atoms with E-state index in [1.807, 2.05) is 37.3 Å². The number of hydrogen-bond acceptors (Lipinski definition) is 9. The lowest BCUT2D eigenvalue weighted by molar-refractivity contribution is -0.137. The first-order chi connectivity index (χ1) is 20.5. The zero-order valence-corrected chi connectivity index (χ0v) is 25.4. The van der Waals surface area contributed by atoms with Crippen LogP contribution in [0, 0.1) is 6.92 Å². The highest BCUT2D eigenvalue weighted by molar-refractivity contribution is 7.85. The first kappa shape index (κ1) is 30.8. The zero-order valence-electron chi connectivity index (χ0n) is 24.6. The number of nitrogens with zero attached hydrogens (tertiary/aromatic N) is 5. The van der Waals surface area contributed by atoms with Crippen molar-refractivity contribution in [2.75, 3.05) is 79.6 Å². The minimum absolute atomic E-state index is 0.0196. The molecule has 0 saturated carbocycles. The maximum Gasteiger partial charge on any atom is 0.421 e. The summed E-state index contributed by atoms with van der Waals surface area (Å²) in [6, 6.07) is 11.7. The van der Waals surface area contributed by atoms with Gasteiger partial charge in [-0.05, 0) is 36.2 Å². The molecule has 3 heterocycles. The Bertz CT molecular complexity index is 1460. The molecule has 0 radical (unpaired) electrons. The predicted octanol–water partition coefficient (Wildman–Crippen LogP) is 4.42. The number of halogens is 3. The molecule has 2 aromatic carbocycles. The summed E-state index contributed by atoms with van der Waals surface area (Å²) in [5.74, 6) is 0.126. The first-order valence-electron chi connectivity index (χ1n) is 13.9. The minimum Gasteiger partial charge on any atom is -0.494 e. The van der Waals surface area contributed by atoms with E-state index >= 15 is 0 Å². The van der Waals surface area contributed by atoms with Crippen molar-refractivity contribution in [1.29, 1.82) is 0 Å². The van der Waals surface area contributed by atoms with Gasteiger partial charge in [-0.2, -0.15) is 18.2 Å². The Morgan fingerprint density at radius 3 is 2.51 bits per heavy atom. The molecule has 2 saturated heterocycles. The van der Waals surface area contributed by atoms with Crippen LogP contribution in [0.3, 0.4) is 0 Å². The lowest BCUT2D eigenvalue weighted by atomic mass is 10.1. The van der Waals surface area contributed by atoms with E-state index in [1.165, 1.54) is 6.26 Å². The standard InChI is InChI=1S/C29H36F3N7O3S/c1-19-5-6-20(25(13-19)37(2)43(4)40)15-33-27-23(29(30,31)32)16-34-28(36-27)35-24-8-7-21(14-26(24)41-3)38-9-11-39(12-10-38)22-17-42-18-22/h5-8,13-14,16,22H,9-12,15,17-18H2,1-4H3,(H2,33,34,35,36). The quantitative estimate of drug-likeness (QED) is 0.342. The van der Waals surface area contributed by atoms with Crippen LogP contribution in [-0.4, -0.2) is 84.9 Å². The summed E-state index contributed by atoms with van der Waals surface area (Å²) in [5, 5.41) is 5.85.